The molecule has 0 aromatic carbocycles. The second kappa shape index (κ2) is 4.44. The summed E-state index contributed by atoms with van der Waals surface area (Å²) in [4.78, 5) is 11.6. The van der Waals surface area contributed by atoms with Crippen LogP contribution in [-0.2, 0) is 15.6 Å². The molecule has 0 aliphatic carbocycles. The van der Waals surface area contributed by atoms with Crippen molar-refractivity contribution in [1.29, 1.82) is 5.26 Å². The molecule has 3 nitrogen and oxygen atoms in total. The van der Waals surface area contributed by atoms with Gasteiger partial charge in [-0.05, 0) is 25.7 Å². The molecule has 15 heavy (non-hydrogen) atoms. The Kier molecular flexibility index (Phi) is 3.20. The van der Waals surface area contributed by atoms with Crippen molar-refractivity contribution in [2.24, 2.45) is 5.92 Å². The molecule has 0 saturated carbocycles. The maximum atomic E-state index is 11.9. The van der Waals surface area contributed by atoms with Crippen molar-refractivity contribution in [3.63, 3.8) is 0 Å². The average molecular weight is 225 g/mol. The number of rotatable bonds is 2. The summed E-state index contributed by atoms with van der Waals surface area (Å²) in [5.74, 6) is 0.0729. The smallest absolute Gasteiger partial charge is 0.150 e. The Morgan fingerprint density at radius 3 is 2.47 bits per heavy atom. The van der Waals surface area contributed by atoms with Crippen LogP contribution in [0.1, 0.15) is 38.5 Å². The van der Waals surface area contributed by atoms with Gasteiger partial charge in [-0.1, -0.05) is 6.42 Å². The van der Waals surface area contributed by atoms with Gasteiger partial charge < -0.3 is 0 Å². The number of ketones is 1. The van der Waals surface area contributed by atoms with E-state index in [0.29, 0.717) is 0 Å². The number of hydrogen-bond acceptors (Lipinski definition) is 3. The normalized spacial score (nSPS) is 39.4. The molecule has 4 heteroatoms. The van der Waals surface area contributed by atoms with Crippen LogP contribution in [0.25, 0.3) is 0 Å². The molecule has 0 spiro atoms. The molecule has 2 fully saturated rings. The first-order valence-electron chi connectivity index (χ1n) is 5.51. The Balaban J connectivity index is 2.05. The molecular formula is C11H15NO2S. The molecule has 0 radical (unpaired) electrons. The zero-order valence-corrected chi connectivity index (χ0v) is 9.46. The van der Waals surface area contributed by atoms with E-state index in [1.165, 1.54) is 0 Å². The van der Waals surface area contributed by atoms with Crippen LogP contribution < -0.4 is 0 Å². The van der Waals surface area contributed by atoms with Crippen LogP contribution in [-0.4, -0.2) is 20.5 Å². The third-order valence-corrected chi connectivity index (χ3v) is 5.68. The number of carbonyl (C=O) groups excluding carboxylic acids is 1. The van der Waals surface area contributed by atoms with E-state index in [4.69, 9.17) is 5.26 Å². The van der Waals surface area contributed by atoms with Gasteiger partial charge >= 0.3 is 0 Å². The van der Waals surface area contributed by atoms with Gasteiger partial charge in [0.15, 0.2) is 0 Å². The average Bonchev–Trinajstić information content (AvgIpc) is 2.17. The quantitative estimate of drug-likeness (QED) is 0.716. The summed E-state index contributed by atoms with van der Waals surface area (Å²) in [5.41, 5.74) is 0. The van der Waals surface area contributed by atoms with E-state index in [-0.39, 0.29) is 28.6 Å². The van der Waals surface area contributed by atoms with Crippen molar-refractivity contribution in [1.82, 2.24) is 0 Å². The fourth-order valence-electron chi connectivity index (χ4n) is 2.72. The number of hydrogen-bond donors (Lipinski definition) is 0. The molecular weight excluding hydrogens is 210 g/mol. The van der Waals surface area contributed by atoms with E-state index in [0.717, 1.165) is 32.1 Å². The largest absolute Gasteiger partial charge is 0.298 e. The molecule has 2 atom stereocenters. The predicted octanol–water partition coefficient (Wildman–Crippen LogP) is 1.55. The van der Waals surface area contributed by atoms with Crippen LogP contribution in [0.3, 0.4) is 0 Å². The lowest BCUT2D eigenvalue weighted by molar-refractivity contribution is -0.122. The Labute approximate surface area is 92.3 Å². The lowest BCUT2D eigenvalue weighted by Crippen LogP contribution is -2.41. The Morgan fingerprint density at radius 2 is 1.93 bits per heavy atom. The van der Waals surface area contributed by atoms with Gasteiger partial charge in [-0.25, -0.2) is 0 Å². The van der Waals surface area contributed by atoms with Gasteiger partial charge in [-0.2, -0.15) is 5.26 Å². The number of carbonyl (C=O) groups is 1. The minimum Gasteiger partial charge on any atom is -0.298 e. The van der Waals surface area contributed by atoms with Crippen molar-refractivity contribution in [2.45, 2.75) is 49.0 Å². The maximum Gasteiger partial charge on any atom is 0.150 e. The summed E-state index contributed by atoms with van der Waals surface area (Å²) in [5, 5.41) is 8.95. The molecule has 82 valence electrons. The molecule has 2 heterocycles. The fourth-order valence-corrected chi connectivity index (χ4v) is 4.91. The molecule has 0 amide bonds. The highest BCUT2D eigenvalue weighted by Gasteiger charge is 2.39. The Bertz CT molecular complexity index is 318. The number of nitriles is 1. The lowest BCUT2D eigenvalue weighted by atomic mass is 9.86. The van der Waals surface area contributed by atoms with E-state index >= 15 is 0 Å². The van der Waals surface area contributed by atoms with Crippen molar-refractivity contribution >= 4 is 16.6 Å². The first-order valence-corrected chi connectivity index (χ1v) is 6.79. The van der Waals surface area contributed by atoms with Gasteiger partial charge in [0, 0.05) is 27.2 Å². The van der Waals surface area contributed by atoms with Crippen LogP contribution >= 0.6 is 0 Å². The van der Waals surface area contributed by atoms with Crippen molar-refractivity contribution < 1.29 is 9.00 Å². The maximum absolute atomic E-state index is 11.9. The van der Waals surface area contributed by atoms with E-state index in [9.17, 15) is 9.00 Å². The summed E-state index contributed by atoms with van der Waals surface area (Å²) in [7, 11) is -0.712. The van der Waals surface area contributed by atoms with Crippen LogP contribution in [0.15, 0.2) is 0 Å². The second-order valence-electron chi connectivity index (χ2n) is 4.47. The number of fused-ring (bicyclic) bond motifs is 2. The molecule has 2 aliphatic rings. The highest BCUT2D eigenvalue weighted by Crippen LogP contribution is 2.37. The molecule has 2 saturated heterocycles. The van der Waals surface area contributed by atoms with Gasteiger partial charge in [-0.15, -0.1) is 0 Å². The monoisotopic (exact) mass is 225 g/mol. The van der Waals surface area contributed by atoms with Gasteiger partial charge in [0.25, 0.3) is 0 Å². The van der Waals surface area contributed by atoms with E-state index in [1.807, 2.05) is 6.07 Å². The molecule has 2 rings (SSSR count). The Hall–Kier alpha value is -0.690. The van der Waals surface area contributed by atoms with Crippen molar-refractivity contribution in [3.8, 4) is 6.07 Å². The lowest BCUT2D eigenvalue weighted by Gasteiger charge is -2.37. The van der Waals surface area contributed by atoms with Crippen molar-refractivity contribution in [3.05, 3.63) is 0 Å². The SMILES string of the molecule is N#CCC(=O)C1CC2CCCC(C1)S2=O. The molecule has 0 aromatic heterocycles. The summed E-state index contributed by atoms with van der Waals surface area (Å²) < 4.78 is 11.9. The number of Topliss-reactive ketones (excluding diaryl/α,β-unsaturated/α-hetero) is 1. The van der Waals surface area contributed by atoms with Crippen LogP contribution in [0.4, 0.5) is 0 Å². The Morgan fingerprint density at radius 1 is 1.33 bits per heavy atom. The van der Waals surface area contributed by atoms with Crippen LogP contribution in [0.2, 0.25) is 0 Å². The first kappa shape index (κ1) is 10.8. The van der Waals surface area contributed by atoms with Gasteiger partial charge in [0.2, 0.25) is 0 Å². The van der Waals surface area contributed by atoms with E-state index in [2.05, 4.69) is 0 Å². The minimum absolute atomic E-state index is 0.0117. The summed E-state index contributed by atoms with van der Waals surface area (Å²) >= 11 is 0. The second-order valence-corrected chi connectivity index (χ2v) is 6.46. The van der Waals surface area contributed by atoms with E-state index < -0.39 is 10.8 Å². The number of nitrogens with zero attached hydrogens (tertiary/aromatic N) is 1. The molecule has 0 N–H and O–H groups in total. The predicted molar refractivity (Wildman–Crippen MR) is 57.5 cm³/mol. The minimum atomic E-state index is -0.712. The summed E-state index contributed by atoms with van der Waals surface area (Å²) in [6.07, 6.45) is 4.68. The third kappa shape index (κ3) is 2.12. The first-order chi connectivity index (χ1) is 7.22. The van der Waals surface area contributed by atoms with Gasteiger partial charge in [0.1, 0.15) is 5.78 Å². The molecule has 2 aliphatic heterocycles. The highest BCUT2D eigenvalue weighted by atomic mass is 32.2. The van der Waals surface area contributed by atoms with Crippen LogP contribution in [0.5, 0.6) is 0 Å². The molecule has 2 bridgehead atoms. The van der Waals surface area contributed by atoms with Crippen molar-refractivity contribution in [2.75, 3.05) is 0 Å². The van der Waals surface area contributed by atoms with Crippen LogP contribution in [0, 0.1) is 17.2 Å². The highest BCUT2D eigenvalue weighted by molar-refractivity contribution is 7.86. The van der Waals surface area contributed by atoms with Gasteiger partial charge in [-0.3, -0.25) is 9.00 Å². The third-order valence-electron chi connectivity index (χ3n) is 3.51. The van der Waals surface area contributed by atoms with E-state index in [1.54, 1.807) is 0 Å². The topological polar surface area (TPSA) is 57.9 Å². The standard InChI is InChI=1S/C11H15NO2S/c12-5-4-11(13)8-6-9-2-1-3-10(7-8)15(9)14/h8-10H,1-4,6-7H2. The zero-order chi connectivity index (χ0) is 10.8. The fraction of sp³-hybridized carbons (Fsp3) is 0.818. The molecule has 0 aromatic rings. The molecule has 2 unspecified atom stereocenters. The van der Waals surface area contributed by atoms with Gasteiger partial charge in [0.05, 0.1) is 12.5 Å². The zero-order valence-electron chi connectivity index (χ0n) is 8.65. The summed E-state index contributed by atoms with van der Waals surface area (Å²) in [6.45, 7) is 0. The summed E-state index contributed by atoms with van der Waals surface area (Å²) in [6, 6.07) is 1.92.